The zero-order valence-corrected chi connectivity index (χ0v) is 22.1. The minimum Gasteiger partial charge on any atom is -0.493 e. The third kappa shape index (κ3) is 10.9. The summed E-state index contributed by atoms with van der Waals surface area (Å²) in [6.07, 6.45) is 15.6. The molecular weight excluding hydrogens is 424 g/mol. The van der Waals surface area contributed by atoms with E-state index in [4.69, 9.17) is 9.47 Å². The topological polar surface area (TPSA) is 50.8 Å². The largest absolute Gasteiger partial charge is 0.493 e. The molecule has 1 aliphatic carbocycles. The highest BCUT2D eigenvalue weighted by atomic mass is 16.5. The SMILES string of the molecule is CCCCCN(CCCCC)CCOc1ccc(/C=C/C(=O)N[C@H]2CC[C@H](C)CC2)cc1OC. The third-order valence-corrected chi connectivity index (χ3v) is 6.80. The molecule has 1 aromatic rings. The Bertz CT molecular complexity index is 716. The van der Waals surface area contributed by atoms with Crippen LogP contribution in [-0.2, 0) is 4.79 Å². The molecule has 2 rings (SSSR count). The summed E-state index contributed by atoms with van der Waals surface area (Å²) in [6.45, 7) is 10.6. The normalized spacial score (nSPS) is 18.4. The van der Waals surface area contributed by atoms with Gasteiger partial charge in [-0.3, -0.25) is 9.69 Å². The Balaban J connectivity index is 1.84. The third-order valence-electron chi connectivity index (χ3n) is 6.80. The second-order valence-electron chi connectivity index (χ2n) is 9.81. The zero-order chi connectivity index (χ0) is 24.6. The smallest absolute Gasteiger partial charge is 0.244 e. The van der Waals surface area contributed by atoms with E-state index >= 15 is 0 Å². The first kappa shape index (κ1) is 28.2. The van der Waals surface area contributed by atoms with Crippen molar-refractivity contribution in [2.75, 3.05) is 33.4 Å². The Hall–Kier alpha value is -2.01. The number of carbonyl (C=O) groups excluding carboxylic acids is 1. The van der Waals surface area contributed by atoms with E-state index in [2.05, 4.69) is 31.0 Å². The molecule has 5 heteroatoms. The van der Waals surface area contributed by atoms with Gasteiger partial charge < -0.3 is 14.8 Å². The molecule has 0 aliphatic heterocycles. The number of rotatable bonds is 16. The van der Waals surface area contributed by atoms with Crippen LogP contribution >= 0.6 is 0 Å². The Morgan fingerprint density at radius 2 is 1.68 bits per heavy atom. The van der Waals surface area contributed by atoms with Gasteiger partial charge in [0.15, 0.2) is 11.5 Å². The van der Waals surface area contributed by atoms with Crippen molar-refractivity contribution in [1.82, 2.24) is 10.2 Å². The van der Waals surface area contributed by atoms with Gasteiger partial charge in [0.2, 0.25) is 5.91 Å². The molecule has 0 bridgehead atoms. The van der Waals surface area contributed by atoms with Crippen molar-refractivity contribution in [3.63, 3.8) is 0 Å². The standard InChI is InChI=1S/C29H48N2O3/c1-5-7-9-19-31(20-10-8-6-2)21-22-34-27-17-13-25(23-28(27)33-4)14-18-29(32)30-26-15-11-24(3)12-16-26/h13-14,17-18,23-24,26H,5-12,15-16,19-22H2,1-4H3,(H,30,32)/b18-14+/t24-,26-. The molecule has 0 unspecified atom stereocenters. The first-order chi connectivity index (χ1) is 16.5. The van der Waals surface area contributed by atoms with E-state index in [0.717, 1.165) is 49.7 Å². The molecular formula is C29H48N2O3. The van der Waals surface area contributed by atoms with Gasteiger partial charge >= 0.3 is 0 Å². The molecule has 5 nitrogen and oxygen atoms in total. The summed E-state index contributed by atoms with van der Waals surface area (Å²) >= 11 is 0. The second kappa shape index (κ2) is 16.6. The quantitative estimate of drug-likeness (QED) is 0.221. The van der Waals surface area contributed by atoms with Crippen molar-refractivity contribution >= 4 is 12.0 Å². The fourth-order valence-electron chi connectivity index (χ4n) is 4.52. The highest BCUT2D eigenvalue weighted by Crippen LogP contribution is 2.28. The van der Waals surface area contributed by atoms with Gasteiger partial charge in [0.25, 0.3) is 0 Å². The van der Waals surface area contributed by atoms with Gasteiger partial charge in [0.05, 0.1) is 7.11 Å². The number of hydrogen-bond acceptors (Lipinski definition) is 4. The summed E-state index contributed by atoms with van der Waals surface area (Å²) in [7, 11) is 1.66. The lowest BCUT2D eigenvalue weighted by Gasteiger charge is -2.26. The molecule has 0 radical (unpaired) electrons. The Morgan fingerprint density at radius 1 is 1.00 bits per heavy atom. The van der Waals surface area contributed by atoms with Crippen molar-refractivity contribution in [1.29, 1.82) is 0 Å². The van der Waals surface area contributed by atoms with Gasteiger partial charge in [-0.25, -0.2) is 0 Å². The monoisotopic (exact) mass is 472 g/mol. The van der Waals surface area contributed by atoms with Crippen LogP contribution in [0.25, 0.3) is 6.08 Å². The number of benzene rings is 1. The lowest BCUT2D eigenvalue weighted by Crippen LogP contribution is -2.36. The lowest BCUT2D eigenvalue weighted by molar-refractivity contribution is -0.117. The number of ether oxygens (including phenoxy) is 2. The van der Waals surface area contributed by atoms with Gasteiger partial charge in [0.1, 0.15) is 6.61 Å². The van der Waals surface area contributed by atoms with Gasteiger partial charge in [-0.15, -0.1) is 0 Å². The number of nitrogens with one attached hydrogen (secondary N) is 1. The van der Waals surface area contributed by atoms with Crippen LogP contribution in [0.5, 0.6) is 11.5 Å². The van der Waals surface area contributed by atoms with E-state index in [9.17, 15) is 4.79 Å². The average Bonchev–Trinajstić information content (AvgIpc) is 2.84. The second-order valence-corrected chi connectivity index (χ2v) is 9.81. The van der Waals surface area contributed by atoms with Gasteiger partial charge in [-0.2, -0.15) is 0 Å². The Kier molecular flexibility index (Phi) is 13.8. The number of amides is 1. The van der Waals surface area contributed by atoms with Crippen LogP contribution in [0.3, 0.4) is 0 Å². The minimum absolute atomic E-state index is 0.0231. The summed E-state index contributed by atoms with van der Waals surface area (Å²) in [4.78, 5) is 14.9. The Labute approximate surface area is 208 Å². The molecule has 1 saturated carbocycles. The summed E-state index contributed by atoms with van der Waals surface area (Å²) in [5.41, 5.74) is 0.928. The van der Waals surface area contributed by atoms with Gasteiger partial charge in [0, 0.05) is 18.7 Å². The van der Waals surface area contributed by atoms with Crippen molar-refractivity contribution < 1.29 is 14.3 Å². The molecule has 0 heterocycles. The lowest BCUT2D eigenvalue weighted by atomic mass is 9.87. The molecule has 1 fully saturated rings. The van der Waals surface area contributed by atoms with Crippen LogP contribution in [0.2, 0.25) is 0 Å². The maximum Gasteiger partial charge on any atom is 0.244 e. The molecule has 1 N–H and O–H groups in total. The summed E-state index contributed by atoms with van der Waals surface area (Å²) < 4.78 is 11.7. The van der Waals surface area contributed by atoms with Crippen LogP contribution in [0, 0.1) is 5.92 Å². The molecule has 1 aliphatic rings. The molecule has 1 amide bonds. The van der Waals surface area contributed by atoms with E-state index in [1.54, 1.807) is 13.2 Å². The summed E-state index contributed by atoms with van der Waals surface area (Å²) in [6, 6.07) is 6.16. The predicted molar refractivity (Wildman–Crippen MR) is 143 cm³/mol. The molecule has 1 aromatic carbocycles. The van der Waals surface area contributed by atoms with Gasteiger partial charge in [-0.05, 0) is 81.3 Å². The van der Waals surface area contributed by atoms with Crippen molar-refractivity contribution in [2.45, 2.75) is 91.0 Å². The first-order valence-corrected chi connectivity index (χ1v) is 13.6. The van der Waals surface area contributed by atoms with Crippen molar-refractivity contribution in [2.24, 2.45) is 5.92 Å². The molecule has 0 aromatic heterocycles. The summed E-state index contributed by atoms with van der Waals surface area (Å²) in [5, 5.41) is 3.14. The van der Waals surface area contributed by atoms with E-state index in [0.29, 0.717) is 18.4 Å². The number of hydrogen-bond donors (Lipinski definition) is 1. The average molecular weight is 473 g/mol. The fraction of sp³-hybridized carbons (Fsp3) is 0.690. The number of methoxy groups -OCH3 is 1. The maximum absolute atomic E-state index is 12.3. The van der Waals surface area contributed by atoms with Crippen molar-refractivity contribution in [3.05, 3.63) is 29.8 Å². The molecule has 192 valence electrons. The van der Waals surface area contributed by atoms with E-state index in [1.807, 2.05) is 24.3 Å². The highest BCUT2D eigenvalue weighted by molar-refractivity contribution is 5.92. The van der Waals surface area contributed by atoms with Crippen LogP contribution in [-0.4, -0.2) is 50.2 Å². The van der Waals surface area contributed by atoms with Crippen LogP contribution in [0.15, 0.2) is 24.3 Å². The fourth-order valence-corrected chi connectivity index (χ4v) is 4.52. The van der Waals surface area contributed by atoms with Crippen LogP contribution in [0.4, 0.5) is 0 Å². The molecule has 0 spiro atoms. The maximum atomic E-state index is 12.3. The number of carbonyl (C=O) groups is 1. The van der Waals surface area contributed by atoms with E-state index < -0.39 is 0 Å². The molecule has 0 saturated heterocycles. The number of nitrogens with zero attached hydrogens (tertiary/aromatic N) is 1. The summed E-state index contributed by atoms with van der Waals surface area (Å²) in [5.74, 6) is 2.21. The van der Waals surface area contributed by atoms with E-state index in [1.165, 1.54) is 51.4 Å². The minimum atomic E-state index is -0.0231. The predicted octanol–water partition coefficient (Wildman–Crippen LogP) is 6.46. The van der Waals surface area contributed by atoms with E-state index in [-0.39, 0.29) is 5.91 Å². The van der Waals surface area contributed by atoms with Crippen molar-refractivity contribution in [3.8, 4) is 11.5 Å². The number of unbranched alkanes of at least 4 members (excludes halogenated alkanes) is 4. The zero-order valence-electron chi connectivity index (χ0n) is 22.1. The van der Waals surface area contributed by atoms with Gasteiger partial charge in [-0.1, -0.05) is 52.5 Å². The molecule has 34 heavy (non-hydrogen) atoms. The highest BCUT2D eigenvalue weighted by Gasteiger charge is 2.18. The first-order valence-electron chi connectivity index (χ1n) is 13.6. The van der Waals surface area contributed by atoms with Crippen LogP contribution < -0.4 is 14.8 Å². The molecule has 0 atom stereocenters. The Morgan fingerprint density at radius 3 is 2.29 bits per heavy atom. The van der Waals surface area contributed by atoms with Crippen LogP contribution in [0.1, 0.15) is 90.5 Å².